The summed E-state index contributed by atoms with van der Waals surface area (Å²) in [5, 5.41) is 8.97. The van der Waals surface area contributed by atoms with Crippen LogP contribution in [0.4, 0.5) is 0 Å². The van der Waals surface area contributed by atoms with Gasteiger partial charge in [-0.05, 0) is 92.4 Å². The smallest absolute Gasteiger partial charge is 0.111 e. The number of nitriles is 1. The number of nitrogens with zero attached hydrogens (tertiary/aromatic N) is 7. The van der Waals surface area contributed by atoms with Gasteiger partial charge in [0, 0.05) is 55.6 Å². The second kappa shape index (κ2) is 14.3. The summed E-state index contributed by atoms with van der Waals surface area (Å²) in [5.74, 6) is 2.52. The standard InChI is InChI=1S/C22H22N4.C15H18BrN3.C2H6/c23-15-16-4-6-17(7-5-16)18-8-9-21-20(13-18)24-22-14-19-3-1-2-10-25(19)11-12-26(21)22;16-11-4-5-14-13(9-11)17-15-10-12-3-1-2-6-18(12)7-8-19(14)15;1-2/h4-9,13,19H,1-3,10-12,14H2;4-5,9,12H,1-3,6-8,10H2;1-2H3. The van der Waals surface area contributed by atoms with Crippen molar-refractivity contribution in [2.75, 3.05) is 26.2 Å². The Morgan fingerprint density at radius 2 is 1.17 bits per heavy atom. The maximum atomic E-state index is 8.97. The summed E-state index contributed by atoms with van der Waals surface area (Å²) in [6.45, 7) is 11.0. The Kier molecular flexibility index (Phi) is 9.76. The Labute approximate surface area is 287 Å². The second-order valence-electron chi connectivity index (χ2n) is 13.2. The van der Waals surface area contributed by atoms with Crippen molar-refractivity contribution in [2.45, 2.75) is 90.4 Å². The Balaban J connectivity index is 0.000000148. The molecule has 2 saturated heterocycles. The largest absolute Gasteiger partial charge is 0.327 e. The zero-order valence-corrected chi connectivity index (χ0v) is 29.4. The van der Waals surface area contributed by atoms with Crippen molar-refractivity contribution in [3.8, 4) is 17.2 Å². The minimum absolute atomic E-state index is 0.666. The van der Waals surface area contributed by atoms with E-state index < -0.39 is 0 Å². The van der Waals surface area contributed by atoms with E-state index in [9.17, 15) is 0 Å². The van der Waals surface area contributed by atoms with Crippen LogP contribution in [0.2, 0.25) is 0 Å². The molecule has 6 heterocycles. The third-order valence-electron chi connectivity index (χ3n) is 10.5. The summed E-state index contributed by atoms with van der Waals surface area (Å²) in [6.07, 6.45) is 10.3. The van der Waals surface area contributed by atoms with Gasteiger partial charge in [-0.1, -0.05) is 60.8 Å². The molecule has 0 radical (unpaired) electrons. The molecule has 9 rings (SSSR count). The fourth-order valence-electron chi connectivity index (χ4n) is 8.11. The quantitative estimate of drug-likeness (QED) is 0.177. The average Bonchev–Trinajstić information content (AvgIpc) is 3.48. The van der Waals surface area contributed by atoms with Crippen molar-refractivity contribution in [3.05, 3.63) is 82.3 Å². The van der Waals surface area contributed by atoms with E-state index in [1.165, 1.54) is 80.8 Å². The topological polar surface area (TPSA) is 65.9 Å². The predicted octanol–water partition coefficient (Wildman–Crippen LogP) is 8.22. The summed E-state index contributed by atoms with van der Waals surface area (Å²) >= 11 is 3.54. The van der Waals surface area contributed by atoms with Crippen LogP contribution in [0, 0.1) is 11.3 Å². The summed E-state index contributed by atoms with van der Waals surface area (Å²) in [6, 6.07) is 24.4. The minimum Gasteiger partial charge on any atom is -0.327 e. The van der Waals surface area contributed by atoms with E-state index in [0.29, 0.717) is 11.6 Å². The van der Waals surface area contributed by atoms with Gasteiger partial charge in [0.15, 0.2) is 0 Å². The lowest BCUT2D eigenvalue weighted by Gasteiger charge is -2.33. The van der Waals surface area contributed by atoms with Gasteiger partial charge in [-0.2, -0.15) is 5.26 Å². The van der Waals surface area contributed by atoms with Gasteiger partial charge in [-0.15, -0.1) is 0 Å². The number of rotatable bonds is 1. The van der Waals surface area contributed by atoms with Crippen LogP contribution < -0.4 is 0 Å². The zero-order valence-electron chi connectivity index (χ0n) is 27.8. The third kappa shape index (κ3) is 6.63. The number of hydrogen-bond acceptors (Lipinski definition) is 5. The highest BCUT2D eigenvalue weighted by Gasteiger charge is 2.29. The van der Waals surface area contributed by atoms with Crippen LogP contribution in [0.1, 0.15) is 69.6 Å². The first-order chi connectivity index (χ1) is 23.1. The Morgan fingerprint density at radius 1 is 0.638 bits per heavy atom. The van der Waals surface area contributed by atoms with E-state index in [1.54, 1.807) is 0 Å². The van der Waals surface area contributed by atoms with E-state index in [2.05, 4.69) is 77.3 Å². The van der Waals surface area contributed by atoms with Crippen molar-refractivity contribution in [3.63, 3.8) is 0 Å². The third-order valence-corrected chi connectivity index (χ3v) is 11.0. The summed E-state index contributed by atoms with van der Waals surface area (Å²) in [5.41, 5.74) is 7.75. The first-order valence-corrected chi connectivity index (χ1v) is 18.5. The number of benzene rings is 3. The molecule has 4 aliphatic rings. The number of hydrogen-bond donors (Lipinski definition) is 0. The molecule has 7 nitrogen and oxygen atoms in total. The molecule has 8 heteroatoms. The number of halogens is 1. The van der Waals surface area contributed by atoms with Crippen LogP contribution >= 0.6 is 15.9 Å². The van der Waals surface area contributed by atoms with Gasteiger partial charge in [0.05, 0.1) is 33.7 Å². The zero-order chi connectivity index (χ0) is 32.3. The Hall–Kier alpha value is -3.51. The highest BCUT2D eigenvalue weighted by Crippen LogP contribution is 2.30. The van der Waals surface area contributed by atoms with Crippen molar-refractivity contribution in [1.29, 1.82) is 5.26 Å². The second-order valence-corrected chi connectivity index (χ2v) is 14.1. The molecule has 4 aliphatic heterocycles. The lowest BCUT2D eigenvalue weighted by Crippen LogP contribution is -2.40. The highest BCUT2D eigenvalue weighted by atomic mass is 79.9. The molecule has 0 N–H and O–H groups in total. The number of piperidine rings is 2. The molecule has 47 heavy (non-hydrogen) atoms. The normalized spacial score (nSPS) is 21.0. The lowest BCUT2D eigenvalue weighted by molar-refractivity contribution is 0.152. The van der Waals surface area contributed by atoms with Crippen molar-refractivity contribution < 1.29 is 0 Å². The molecular weight excluding hydrogens is 646 g/mol. The molecule has 2 aromatic heterocycles. The predicted molar refractivity (Wildman–Crippen MR) is 194 cm³/mol. The van der Waals surface area contributed by atoms with Crippen LogP contribution in [-0.2, 0) is 25.9 Å². The minimum atomic E-state index is 0.666. The van der Waals surface area contributed by atoms with Crippen LogP contribution in [-0.4, -0.2) is 67.2 Å². The first kappa shape index (κ1) is 32.1. The molecule has 0 spiro atoms. The monoisotopic (exact) mass is 691 g/mol. The van der Waals surface area contributed by atoms with Gasteiger partial charge in [-0.25, -0.2) is 9.97 Å². The molecule has 3 aromatic carbocycles. The van der Waals surface area contributed by atoms with Gasteiger partial charge < -0.3 is 9.13 Å². The lowest BCUT2D eigenvalue weighted by atomic mass is 10.00. The number of imidazole rings is 2. The van der Waals surface area contributed by atoms with Crippen LogP contribution in [0.5, 0.6) is 0 Å². The fourth-order valence-corrected chi connectivity index (χ4v) is 8.46. The average molecular weight is 693 g/mol. The number of aromatic nitrogens is 4. The van der Waals surface area contributed by atoms with Crippen LogP contribution in [0.15, 0.2) is 65.1 Å². The molecule has 2 fully saturated rings. The summed E-state index contributed by atoms with van der Waals surface area (Å²) < 4.78 is 5.98. The summed E-state index contributed by atoms with van der Waals surface area (Å²) in [4.78, 5) is 15.2. The molecule has 0 bridgehead atoms. The van der Waals surface area contributed by atoms with E-state index in [1.807, 2.05) is 38.1 Å². The molecular formula is C39H46BrN7. The SMILES string of the molecule is Brc1ccc2c(c1)nc1n2CCN2CCCCC2C1.CC.N#Cc1ccc(-c2ccc3c(c2)nc2n3CCN3CCCCC3C2)cc1. The molecule has 0 amide bonds. The Morgan fingerprint density at radius 3 is 1.74 bits per heavy atom. The van der Waals surface area contributed by atoms with Gasteiger partial charge in [0.25, 0.3) is 0 Å². The van der Waals surface area contributed by atoms with Crippen molar-refractivity contribution in [1.82, 2.24) is 28.9 Å². The fraction of sp³-hybridized carbons (Fsp3) is 0.462. The maximum Gasteiger partial charge on any atom is 0.111 e. The molecule has 0 saturated carbocycles. The van der Waals surface area contributed by atoms with Gasteiger partial charge in [0.2, 0.25) is 0 Å². The van der Waals surface area contributed by atoms with Crippen LogP contribution in [0.3, 0.4) is 0 Å². The van der Waals surface area contributed by atoms with E-state index in [-0.39, 0.29) is 0 Å². The van der Waals surface area contributed by atoms with E-state index in [4.69, 9.17) is 15.2 Å². The van der Waals surface area contributed by atoms with E-state index in [0.717, 1.165) is 65.2 Å². The van der Waals surface area contributed by atoms with Crippen molar-refractivity contribution >= 4 is 38.0 Å². The highest BCUT2D eigenvalue weighted by molar-refractivity contribution is 9.10. The van der Waals surface area contributed by atoms with Gasteiger partial charge >= 0.3 is 0 Å². The Bertz CT molecular complexity index is 1880. The molecule has 2 unspecified atom stereocenters. The first-order valence-electron chi connectivity index (χ1n) is 17.8. The molecule has 244 valence electrons. The maximum absolute atomic E-state index is 8.97. The number of fused-ring (bicyclic) bond motifs is 8. The molecule has 0 aliphatic carbocycles. The van der Waals surface area contributed by atoms with Gasteiger partial charge in [-0.3, -0.25) is 9.80 Å². The van der Waals surface area contributed by atoms with E-state index >= 15 is 0 Å². The molecule has 2 atom stereocenters. The van der Waals surface area contributed by atoms with Crippen LogP contribution in [0.25, 0.3) is 33.2 Å². The summed E-state index contributed by atoms with van der Waals surface area (Å²) in [7, 11) is 0. The molecule has 5 aromatic rings. The van der Waals surface area contributed by atoms with Crippen molar-refractivity contribution in [2.24, 2.45) is 0 Å². The van der Waals surface area contributed by atoms with Gasteiger partial charge in [0.1, 0.15) is 11.6 Å².